The molecule has 2 aromatic rings. The lowest BCUT2D eigenvalue weighted by atomic mass is 10.2. The largest absolute Gasteiger partial charge is 0.368 e. The average molecular weight is 336 g/mol. The van der Waals surface area contributed by atoms with Crippen LogP contribution in [-0.2, 0) is 0 Å². The zero-order valence-electron chi connectivity index (χ0n) is 11.8. The highest BCUT2D eigenvalue weighted by Gasteiger charge is 2.03. The van der Waals surface area contributed by atoms with Crippen molar-refractivity contribution in [2.45, 2.75) is 20.8 Å². The average Bonchev–Trinajstić information content (AvgIpc) is 2.41. The topological polar surface area (TPSA) is 62.7 Å². The van der Waals surface area contributed by atoms with Crippen LogP contribution >= 0.6 is 15.9 Å². The van der Waals surface area contributed by atoms with E-state index in [9.17, 15) is 0 Å². The standard InChI is InChI=1S/C14H18BrN5/c1-9(2)7-16-13-8-17-20-14(19-13)18-11-5-4-10(3)12(15)6-11/h4-6,8-9H,7H2,1-3H3,(H2,16,18,19,20). The first kappa shape index (κ1) is 14.7. The van der Waals surface area contributed by atoms with E-state index in [1.807, 2.05) is 25.1 Å². The monoisotopic (exact) mass is 335 g/mol. The summed E-state index contributed by atoms with van der Waals surface area (Å²) in [6, 6.07) is 6.01. The van der Waals surface area contributed by atoms with Gasteiger partial charge in [-0.2, -0.15) is 10.1 Å². The first-order valence-electron chi connectivity index (χ1n) is 6.51. The third-order valence-corrected chi connectivity index (χ3v) is 3.53. The first-order chi connectivity index (χ1) is 9.54. The Morgan fingerprint density at radius 3 is 2.80 bits per heavy atom. The molecule has 0 spiro atoms. The van der Waals surface area contributed by atoms with Crippen molar-refractivity contribution in [1.29, 1.82) is 0 Å². The smallest absolute Gasteiger partial charge is 0.249 e. The van der Waals surface area contributed by atoms with E-state index in [2.05, 4.69) is 55.6 Å². The van der Waals surface area contributed by atoms with Gasteiger partial charge in [-0.05, 0) is 30.5 Å². The van der Waals surface area contributed by atoms with E-state index in [1.54, 1.807) is 6.20 Å². The van der Waals surface area contributed by atoms with Crippen LogP contribution in [0.25, 0.3) is 0 Å². The SMILES string of the molecule is Cc1ccc(Nc2nncc(NCC(C)C)n2)cc1Br. The van der Waals surface area contributed by atoms with Crippen molar-refractivity contribution in [3.63, 3.8) is 0 Å². The minimum atomic E-state index is 0.481. The lowest BCUT2D eigenvalue weighted by molar-refractivity contribution is 0.686. The van der Waals surface area contributed by atoms with Crippen molar-refractivity contribution in [2.75, 3.05) is 17.2 Å². The quantitative estimate of drug-likeness (QED) is 0.871. The molecule has 1 heterocycles. The van der Waals surface area contributed by atoms with Crippen LogP contribution in [0, 0.1) is 12.8 Å². The van der Waals surface area contributed by atoms with Crippen molar-refractivity contribution < 1.29 is 0 Å². The van der Waals surface area contributed by atoms with E-state index in [0.29, 0.717) is 11.9 Å². The van der Waals surface area contributed by atoms with Gasteiger partial charge in [-0.1, -0.05) is 35.8 Å². The molecule has 0 aliphatic rings. The predicted octanol–water partition coefficient (Wildman–Crippen LogP) is 3.75. The Hall–Kier alpha value is -1.69. The number of anilines is 3. The number of nitrogens with one attached hydrogen (secondary N) is 2. The van der Waals surface area contributed by atoms with Crippen LogP contribution in [0.1, 0.15) is 19.4 Å². The second kappa shape index (κ2) is 6.65. The van der Waals surface area contributed by atoms with Gasteiger partial charge in [0.05, 0.1) is 6.20 Å². The molecule has 0 aliphatic heterocycles. The van der Waals surface area contributed by atoms with E-state index in [4.69, 9.17) is 0 Å². The van der Waals surface area contributed by atoms with Gasteiger partial charge < -0.3 is 10.6 Å². The normalized spacial score (nSPS) is 10.7. The Labute approximate surface area is 127 Å². The van der Waals surface area contributed by atoms with Crippen LogP contribution in [0.2, 0.25) is 0 Å². The summed E-state index contributed by atoms with van der Waals surface area (Å²) in [6.45, 7) is 7.19. The zero-order valence-corrected chi connectivity index (χ0v) is 13.4. The van der Waals surface area contributed by atoms with Gasteiger partial charge in [-0.25, -0.2) is 0 Å². The molecule has 0 fully saturated rings. The highest BCUT2D eigenvalue weighted by Crippen LogP contribution is 2.22. The molecule has 0 saturated carbocycles. The summed E-state index contributed by atoms with van der Waals surface area (Å²) >= 11 is 3.51. The number of rotatable bonds is 5. The molecule has 0 bridgehead atoms. The van der Waals surface area contributed by atoms with E-state index >= 15 is 0 Å². The number of halogens is 1. The Balaban J connectivity index is 2.08. The summed E-state index contributed by atoms with van der Waals surface area (Å²) in [5.74, 6) is 1.76. The lowest BCUT2D eigenvalue weighted by Crippen LogP contribution is -2.10. The summed E-state index contributed by atoms with van der Waals surface area (Å²) < 4.78 is 1.05. The summed E-state index contributed by atoms with van der Waals surface area (Å²) in [5.41, 5.74) is 2.10. The van der Waals surface area contributed by atoms with Gasteiger partial charge in [0.1, 0.15) is 0 Å². The maximum Gasteiger partial charge on any atom is 0.249 e. The van der Waals surface area contributed by atoms with Gasteiger partial charge >= 0.3 is 0 Å². The first-order valence-corrected chi connectivity index (χ1v) is 7.30. The molecule has 0 aliphatic carbocycles. The molecule has 2 rings (SSSR count). The maximum atomic E-state index is 4.38. The second-order valence-electron chi connectivity index (χ2n) is 5.03. The third-order valence-electron chi connectivity index (χ3n) is 2.68. The van der Waals surface area contributed by atoms with Gasteiger partial charge in [0.15, 0.2) is 5.82 Å². The molecule has 0 saturated heterocycles. The van der Waals surface area contributed by atoms with Crippen molar-refractivity contribution in [1.82, 2.24) is 15.2 Å². The van der Waals surface area contributed by atoms with Crippen LogP contribution in [0.15, 0.2) is 28.9 Å². The molecule has 106 valence electrons. The number of nitrogens with zero attached hydrogens (tertiary/aromatic N) is 3. The highest BCUT2D eigenvalue weighted by molar-refractivity contribution is 9.10. The molecule has 0 atom stereocenters. The predicted molar refractivity (Wildman–Crippen MR) is 85.3 cm³/mol. The Kier molecular flexibility index (Phi) is 4.89. The molecular weight excluding hydrogens is 318 g/mol. The highest BCUT2D eigenvalue weighted by atomic mass is 79.9. The second-order valence-corrected chi connectivity index (χ2v) is 5.88. The summed E-state index contributed by atoms with van der Waals surface area (Å²) in [6.07, 6.45) is 1.62. The fourth-order valence-electron chi connectivity index (χ4n) is 1.55. The minimum absolute atomic E-state index is 0.481. The van der Waals surface area contributed by atoms with Gasteiger partial charge in [0.2, 0.25) is 5.95 Å². The Bertz CT molecular complexity index is 586. The molecular formula is C14H18BrN5. The fourth-order valence-corrected chi connectivity index (χ4v) is 1.93. The van der Waals surface area contributed by atoms with Crippen LogP contribution in [-0.4, -0.2) is 21.7 Å². The summed E-state index contributed by atoms with van der Waals surface area (Å²) in [7, 11) is 0. The van der Waals surface area contributed by atoms with Crippen LogP contribution in [0.5, 0.6) is 0 Å². The fraction of sp³-hybridized carbons (Fsp3) is 0.357. The molecule has 1 aromatic heterocycles. The van der Waals surface area contributed by atoms with Gasteiger partial charge in [-0.3, -0.25) is 0 Å². The molecule has 1 aromatic carbocycles. The molecule has 0 amide bonds. The van der Waals surface area contributed by atoms with Crippen molar-refractivity contribution in [2.24, 2.45) is 5.92 Å². The van der Waals surface area contributed by atoms with Gasteiger partial charge in [0.25, 0.3) is 0 Å². The van der Waals surface area contributed by atoms with Crippen molar-refractivity contribution in [3.05, 3.63) is 34.4 Å². The molecule has 5 nitrogen and oxygen atoms in total. The van der Waals surface area contributed by atoms with E-state index in [0.717, 1.165) is 22.5 Å². The Morgan fingerprint density at radius 2 is 2.10 bits per heavy atom. The minimum Gasteiger partial charge on any atom is -0.368 e. The number of benzene rings is 1. The zero-order chi connectivity index (χ0) is 14.5. The number of hydrogen-bond donors (Lipinski definition) is 2. The van der Waals surface area contributed by atoms with Crippen molar-refractivity contribution in [3.8, 4) is 0 Å². The molecule has 20 heavy (non-hydrogen) atoms. The number of aryl methyl sites for hydroxylation is 1. The van der Waals surface area contributed by atoms with Crippen LogP contribution in [0.3, 0.4) is 0 Å². The number of hydrogen-bond acceptors (Lipinski definition) is 5. The van der Waals surface area contributed by atoms with E-state index in [1.165, 1.54) is 5.56 Å². The van der Waals surface area contributed by atoms with Gasteiger partial charge in [0, 0.05) is 16.7 Å². The molecule has 0 radical (unpaired) electrons. The van der Waals surface area contributed by atoms with E-state index < -0.39 is 0 Å². The molecule has 0 unspecified atom stereocenters. The lowest BCUT2D eigenvalue weighted by Gasteiger charge is -2.09. The molecule has 2 N–H and O–H groups in total. The van der Waals surface area contributed by atoms with E-state index in [-0.39, 0.29) is 0 Å². The number of aromatic nitrogens is 3. The Morgan fingerprint density at radius 1 is 1.30 bits per heavy atom. The van der Waals surface area contributed by atoms with Gasteiger partial charge in [-0.15, -0.1) is 5.10 Å². The summed E-state index contributed by atoms with van der Waals surface area (Å²) in [5, 5.41) is 14.3. The molecule has 6 heteroatoms. The third kappa shape index (κ3) is 4.16. The maximum absolute atomic E-state index is 4.38. The van der Waals surface area contributed by atoms with Crippen molar-refractivity contribution >= 4 is 33.4 Å². The summed E-state index contributed by atoms with van der Waals surface area (Å²) in [4.78, 5) is 4.38. The van der Waals surface area contributed by atoms with Crippen LogP contribution in [0.4, 0.5) is 17.5 Å². The van der Waals surface area contributed by atoms with Crippen LogP contribution < -0.4 is 10.6 Å².